The van der Waals surface area contributed by atoms with E-state index in [2.05, 4.69) is 58.4 Å². The number of carbonyl (C=O) groups excluding carboxylic acids is 1. The lowest BCUT2D eigenvalue weighted by molar-refractivity contribution is -0.260. The van der Waals surface area contributed by atoms with Gasteiger partial charge in [-0.05, 0) is 41.5 Å². The number of rotatable bonds is 9. The van der Waals surface area contributed by atoms with Gasteiger partial charge in [0.15, 0.2) is 0 Å². The quantitative estimate of drug-likeness (QED) is 0.342. The van der Waals surface area contributed by atoms with Crippen LogP contribution < -0.4 is 10.6 Å². The molecule has 1 amide bonds. The minimum atomic E-state index is -4.91. The van der Waals surface area contributed by atoms with Crippen LogP contribution in [0.15, 0.2) is 49.8 Å². The van der Waals surface area contributed by atoms with Crippen molar-refractivity contribution in [1.82, 2.24) is 5.32 Å². The van der Waals surface area contributed by atoms with Crippen LogP contribution in [0.25, 0.3) is 0 Å². The lowest BCUT2D eigenvalue weighted by Gasteiger charge is -2.32. The average Bonchev–Trinajstić information content (AvgIpc) is 2.68. The van der Waals surface area contributed by atoms with Crippen LogP contribution in [0, 0.1) is 0 Å². The number of hydrogen-bond acceptors (Lipinski definition) is 4. The maximum atomic E-state index is 13.8. The summed E-state index contributed by atoms with van der Waals surface area (Å²) in [5.74, 6) is -0.175. The number of ether oxygens (including phenoxy) is 1. The monoisotopic (exact) mass is 630 g/mol. The van der Waals surface area contributed by atoms with E-state index < -0.39 is 18.3 Å². The van der Waals surface area contributed by atoms with E-state index in [1.165, 1.54) is 19.2 Å². The minimum Gasteiger partial charge on any atom is -0.384 e. The molecule has 2 aromatic carbocycles. The number of methoxy groups -OCH3 is 1. The molecule has 0 fully saturated rings. The fourth-order valence-corrected chi connectivity index (χ4v) is 4.48. The van der Waals surface area contributed by atoms with Crippen molar-refractivity contribution >= 4 is 59.4 Å². The molecule has 2 aromatic rings. The van der Waals surface area contributed by atoms with Crippen LogP contribution in [0.1, 0.15) is 17.5 Å². The van der Waals surface area contributed by atoms with Gasteiger partial charge in [-0.1, -0.05) is 53.9 Å². The topological polar surface area (TPSA) is 70.6 Å². The van der Waals surface area contributed by atoms with Crippen molar-refractivity contribution < 1.29 is 27.8 Å². The summed E-state index contributed by atoms with van der Waals surface area (Å²) in [6.07, 6.45) is -4.68. The van der Waals surface area contributed by atoms with Crippen LogP contribution >= 0.6 is 47.8 Å². The highest BCUT2D eigenvalue weighted by atomic mass is 79.9. The van der Waals surface area contributed by atoms with E-state index >= 15 is 0 Å². The Morgan fingerprint density at radius 1 is 1.10 bits per heavy atom. The molecule has 0 aliphatic heterocycles. The van der Waals surface area contributed by atoms with E-state index in [4.69, 9.17) is 4.74 Å². The van der Waals surface area contributed by atoms with Gasteiger partial charge >= 0.3 is 6.18 Å². The second kappa shape index (κ2) is 11.1. The second-order valence-electron chi connectivity index (χ2n) is 6.70. The summed E-state index contributed by atoms with van der Waals surface area (Å²) in [4.78, 5) is 11.7. The number of benzene rings is 2. The van der Waals surface area contributed by atoms with Gasteiger partial charge in [0.05, 0.1) is 13.2 Å². The first kappa shape index (κ1) is 26.1. The average molecular weight is 633 g/mol. The summed E-state index contributed by atoms with van der Waals surface area (Å²) in [6, 6.07) is 8.87. The van der Waals surface area contributed by atoms with Crippen LogP contribution in [0.2, 0.25) is 0 Å². The van der Waals surface area contributed by atoms with Gasteiger partial charge in [0.2, 0.25) is 11.5 Å². The van der Waals surface area contributed by atoms with Crippen LogP contribution in [-0.4, -0.2) is 37.5 Å². The Kier molecular flexibility index (Phi) is 9.38. The van der Waals surface area contributed by atoms with Gasteiger partial charge in [-0.25, -0.2) is 0 Å². The second-order valence-corrected chi connectivity index (χ2v) is 9.38. The minimum absolute atomic E-state index is 0.175. The van der Waals surface area contributed by atoms with Crippen LogP contribution in [0.3, 0.4) is 0 Å². The Hall–Kier alpha value is -1.14. The van der Waals surface area contributed by atoms with E-state index in [0.29, 0.717) is 25.7 Å². The zero-order valence-corrected chi connectivity index (χ0v) is 21.1. The number of carbonyl (C=O) groups is 1. The summed E-state index contributed by atoms with van der Waals surface area (Å²) >= 11 is 9.67. The Morgan fingerprint density at radius 2 is 1.74 bits per heavy atom. The molecule has 0 spiro atoms. The van der Waals surface area contributed by atoms with Crippen molar-refractivity contribution in [2.45, 2.75) is 24.7 Å². The smallest absolute Gasteiger partial charge is 0.384 e. The van der Waals surface area contributed by atoms with Crippen molar-refractivity contribution in [3.05, 3.63) is 60.9 Å². The maximum absolute atomic E-state index is 13.8. The number of aliphatic hydroxyl groups is 1. The van der Waals surface area contributed by atoms with E-state index in [-0.39, 0.29) is 24.4 Å². The third-order valence-electron chi connectivity index (χ3n) is 4.42. The van der Waals surface area contributed by atoms with Gasteiger partial charge < -0.3 is 20.5 Å². The molecule has 0 unspecified atom stereocenters. The highest BCUT2D eigenvalue weighted by Gasteiger charge is 2.55. The molecule has 0 saturated heterocycles. The lowest BCUT2D eigenvalue weighted by Crippen LogP contribution is -2.47. The molecule has 5 nitrogen and oxygen atoms in total. The number of nitrogens with one attached hydrogen (secondary N) is 2. The Labute approximate surface area is 203 Å². The largest absolute Gasteiger partial charge is 0.423 e. The van der Waals surface area contributed by atoms with Crippen LogP contribution in [-0.2, 0) is 21.7 Å². The molecule has 0 aliphatic carbocycles. The lowest BCUT2D eigenvalue weighted by atomic mass is 9.93. The zero-order valence-electron chi connectivity index (χ0n) is 16.3. The molecule has 1 atom stereocenters. The highest BCUT2D eigenvalue weighted by molar-refractivity contribution is 9.11. The molecule has 31 heavy (non-hydrogen) atoms. The fraction of sp³-hybridized carbons (Fsp3) is 0.350. The molecular weight excluding hydrogens is 613 g/mol. The SMILES string of the molecule is COCCC(=O)NCc1ccc(NC[C@](O)(c2cc(Br)cc(Br)c2)C(F)(F)F)cc1Br. The summed E-state index contributed by atoms with van der Waals surface area (Å²) in [6.45, 7) is -0.229. The third kappa shape index (κ3) is 7.18. The predicted molar refractivity (Wildman–Crippen MR) is 123 cm³/mol. The molecule has 2 rings (SSSR count). The summed E-state index contributed by atoms with van der Waals surface area (Å²) in [5, 5.41) is 16.0. The predicted octanol–water partition coefficient (Wildman–Crippen LogP) is 5.49. The Balaban J connectivity index is 2.13. The van der Waals surface area contributed by atoms with Crippen molar-refractivity contribution in [3.63, 3.8) is 0 Å². The van der Waals surface area contributed by atoms with Gasteiger partial charge in [0.25, 0.3) is 0 Å². The van der Waals surface area contributed by atoms with Gasteiger partial charge in [0.1, 0.15) is 0 Å². The zero-order chi connectivity index (χ0) is 23.2. The standard InChI is InChI=1S/C20H20Br3F3N2O3/c1-31-5-4-18(29)27-10-12-2-3-16(9-17(12)23)28-11-19(30,20(24,25)26)13-6-14(21)8-15(22)7-13/h2-3,6-9,28,30H,4-5,10-11H2,1H3,(H,27,29)/t19-/m0/s1. The van der Waals surface area contributed by atoms with Gasteiger partial charge in [-0.3, -0.25) is 4.79 Å². The molecule has 0 saturated carbocycles. The summed E-state index contributed by atoms with van der Waals surface area (Å²) < 4.78 is 47.6. The van der Waals surface area contributed by atoms with Gasteiger partial charge in [0, 0.05) is 39.2 Å². The number of alkyl halides is 3. The Morgan fingerprint density at radius 3 is 2.29 bits per heavy atom. The Bertz CT molecular complexity index is 908. The first-order valence-corrected chi connectivity index (χ1v) is 11.4. The molecule has 0 heterocycles. The first-order valence-electron chi connectivity index (χ1n) is 9.00. The third-order valence-corrected chi connectivity index (χ3v) is 6.07. The molecule has 0 aromatic heterocycles. The van der Waals surface area contributed by atoms with E-state index in [9.17, 15) is 23.1 Å². The van der Waals surface area contributed by atoms with E-state index in [0.717, 1.165) is 5.56 Å². The van der Waals surface area contributed by atoms with Crippen LogP contribution in [0.5, 0.6) is 0 Å². The van der Waals surface area contributed by atoms with Crippen molar-refractivity contribution in [1.29, 1.82) is 0 Å². The molecule has 0 radical (unpaired) electrons. The maximum Gasteiger partial charge on any atom is 0.423 e. The van der Waals surface area contributed by atoms with Crippen molar-refractivity contribution in [3.8, 4) is 0 Å². The highest BCUT2D eigenvalue weighted by Crippen LogP contribution is 2.41. The summed E-state index contributed by atoms with van der Waals surface area (Å²) in [5.41, 5.74) is -2.29. The molecule has 11 heteroatoms. The van der Waals surface area contributed by atoms with Crippen molar-refractivity contribution in [2.24, 2.45) is 0 Å². The number of halogens is 6. The molecule has 0 aliphatic rings. The molecular formula is C20H20Br3F3N2O3. The molecule has 3 N–H and O–H groups in total. The summed E-state index contributed by atoms with van der Waals surface area (Å²) in [7, 11) is 1.50. The molecule has 170 valence electrons. The van der Waals surface area contributed by atoms with Crippen LogP contribution in [0.4, 0.5) is 18.9 Å². The number of hydrogen-bond donors (Lipinski definition) is 3. The number of anilines is 1. The van der Waals surface area contributed by atoms with E-state index in [1.807, 2.05) is 0 Å². The van der Waals surface area contributed by atoms with Gasteiger partial charge in [-0.2, -0.15) is 13.2 Å². The first-order chi connectivity index (χ1) is 14.5. The fourth-order valence-electron chi connectivity index (χ4n) is 2.67. The van der Waals surface area contributed by atoms with Crippen molar-refractivity contribution in [2.75, 3.05) is 25.6 Å². The van der Waals surface area contributed by atoms with Gasteiger partial charge in [-0.15, -0.1) is 0 Å². The normalized spacial score (nSPS) is 13.5. The molecule has 0 bridgehead atoms. The van der Waals surface area contributed by atoms with E-state index in [1.54, 1.807) is 24.3 Å². The number of amides is 1.